The Balaban J connectivity index is 1.92. The summed E-state index contributed by atoms with van der Waals surface area (Å²) in [5, 5.41) is 5.57. The molecule has 6 heteroatoms. The van der Waals surface area contributed by atoms with Gasteiger partial charge in [0, 0.05) is 6.54 Å². The molecule has 0 radical (unpaired) electrons. The fraction of sp³-hybridized carbons (Fsp3) is 0.300. The second-order valence-electron chi connectivity index (χ2n) is 5.67. The second kappa shape index (κ2) is 10.1. The van der Waals surface area contributed by atoms with Crippen molar-refractivity contribution in [2.24, 2.45) is 0 Å². The summed E-state index contributed by atoms with van der Waals surface area (Å²) in [4.78, 5) is 24.4. The Morgan fingerprint density at radius 3 is 2.38 bits per heavy atom. The van der Waals surface area contributed by atoms with E-state index in [0.29, 0.717) is 29.3 Å². The lowest BCUT2D eigenvalue weighted by molar-refractivity contribution is -0.118. The zero-order chi connectivity index (χ0) is 18.8. The van der Waals surface area contributed by atoms with Gasteiger partial charge >= 0.3 is 0 Å². The van der Waals surface area contributed by atoms with Gasteiger partial charge in [-0.05, 0) is 42.8 Å². The van der Waals surface area contributed by atoms with Gasteiger partial charge in [0.05, 0.1) is 18.4 Å². The standard InChI is InChI=1S/C20H24N2O4/c1-3-4-13-21-20(24)17-7-5-6-8-18(17)22-19(23)14-26-16-11-9-15(25-2)10-12-16/h5-12H,3-4,13-14H2,1-2H3,(H,21,24)(H,22,23). The van der Waals surface area contributed by atoms with Gasteiger partial charge in [-0.2, -0.15) is 0 Å². The quantitative estimate of drug-likeness (QED) is 0.676. The SMILES string of the molecule is CCCCNC(=O)c1ccccc1NC(=O)COc1ccc(OC)cc1. The number of ether oxygens (including phenoxy) is 2. The number of amides is 2. The van der Waals surface area contributed by atoms with Crippen LogP contribution >= 0.6 is 0 Å². The first-order valence-corrected chi connectivity index (χ1v) is 8.58. The van der Waals surface area contributed by atoms with Crippen molar-refractivity contribution in [3.8, 4) is 11.5 Å². The summed E-state index contributed by atoms with van der Waals surface area (Å²) < 4.78 is 10.5. The van der Waals surface area contributed by atoms with Crippen molar-refractivity contribution in [1.29, 1.82) is 0 Å². The van der Waals surface area contributed by atoms with Crippen LogP contribution < -0.4 is 20.1 Å². The molecule has 2 N–H and O–H groups in total. The van der Waals surface area contributed by atoms with E-state index in [1.165, 1.54) is 0 Å². The van der Waals surface area contributed by atoms with E-state index >= 15 is 0 Å². The molecular formula is C20H24N2O4. The molecule has 2 amide bonds. The highest BCUT2D eigenvalue weighted by atomic mass is 16.5. The maximum Gasteiger partial charge on any atom is 0.262 e. The zero-order valence-electron chi connectivity index (χ0n) is 15.1. The molecular weight excluding hydrogens is 332 g/mol. The van der Waals surface area contributed by atoms with Gasteiger partial charge in [-0.1, -0.05) is 25.5 Å². The van der Waals surface area contributed by atoms with Gasteiger partial charge in [0.1, 0.15) is 11.5 Å². The molecule has 0 saturated carbocycles. The first-order valence-electron chi connectivity index (χ1n) is 8.58. The van der Waals surface area contributed by atoms with Crippen molar-refractivity contribution < 1.29 is 19.1 Å². The van der Waals surface area contributed by atoms with Crippen molar-refractivity contribution in [1.82, 2.24) is 5.32 Å². The summed E-state index contributed by atoms with van der Waals surface area (Å²) in [6, 6.07) is 13.9. The third kappa shape index (κ3) is 5.81. The predicted molar refractivity (Wildman–Crippen MR) is 101 cm³/mol. The molecule has 0 atom stereocenters. The molecule has 0 unspecified atom stereocenters. The van der Waals surface area contributed by atoms with E-state index in [0.717, 1.165) is 12.8 Å². The summed E-state index contributed by atoms with van der Waals surface area (Å²) in [5.74, 6) is 0.733. The number of methoxy groups -OCH3 is 1. The number of carbonyl (C=O) groups is 2. The molecule has 0 saturated heterocycles. The lowest BCUT2D eigenvalue weighted by Gasteiger charge is -2.12. The Hall–Kier alpha value is -3.02. The summed E-state index contributed by atoms with van der Waals surface area (Å²) in [7, 11) is 1.58. The maximum absolute atomic E-state index is 12.3. The molecule has 0 aliphatic rings. The van der Waals surface area contributed by atoms with E-state index < -0.39 is 0 Å². The van der Waals surface area contributed by atoms with E-state index in [4.69, 9.17) is 9.47 Å². The number of hydrogen-bond acceptors (Lipinski definition) is 4. The number of carbonyl (C=O) groups excluding carboxylic acids is 2. The summed E-state index contributed by atoms with van der Waals surface area (Å²) in [6.45, 7) is 2.51. The fourth-order valence-corrected chi connectivity index (χ4v) is 2.27. The van der Waals surface area contributed by atoms with Crippen LogP contribution in [0.3, 0.4) is 0 Å². The van der Waals surface area contributed by atoms with Crippen LogP contribution in [-0.2, 0) is 4.79 Å². The van der Waals surface area contributed by atoms with Crippen LogP contribution in [0, 0.1) is 0 Å². The second-order valence-corrected chi connectivity index (χ2v) is 5.67. The predicted octanol–water partition coefficient (Wildman–Crippen LogP) is 3.24. The number of rotatable bonds is 9. The fourth-order valence-electron chi connectivity index (χ4n) is 2.27. The lowest BCUT2D eigenvalue weighted by Crippen LogP contribution is -2.27. The Morgan fingerprint density at radius 2 is 1.69 bits per heavy atom. The van der Waals surface area contributed by atoms with Gasteiger partial charge in [-0.15, -0.1) is 0 Å². The van der Waals surface area contributed by atoms with Crippen LogP contribution in [0.4, 0.5) is 5.69 Å². The van der Waals surface area contributed by atoms with Crippen LogP contribution in [0.5, 0.6) is 11.5 Å². The Bertz CT molecular complexity index is 729. The minimum atomic E-state index is -0.338. The molecule has 0 aliphatic carbocycles. The van der Waals surface area contributed by atoms with E-state index in [-0.39, 0.29) is 18.4 Å². The van der Waals surface area contributed by atoms with Crippen molar-refractivity contribution in [3.05, 3.63) is 54.1 Å². The van der Waals surface area contributed by atoms with E-state index in [1.807, 2.05) is 0 Å². The molecule has 0 aliphatic heterocycles. The average molecular weight is 356 g/mol. The number of hydrogen-bond donors (Lipinski definition) is 2. The Labute approximate surface area is 153 Å². The molecule has 0 fully saturated rings. The van der Waals surface area contributed by atoms with Crippen molar-refractivity contribution in [2.75, 3.05) is 25.6 Å². The van der Waals surface area contributed by atoms with Crippen LogP contribution in [-0.4, -0.2) is 32.1 Å². The topological polar surface area (TPSA) is 76.7 Å². The van der Waals surface area contributed by atoms with Gasteiger partial charge in [0.25, 0.3) is 11.8 Å². The number of para-hydroxylation sites is 1. The highest BCUT2D eigenvalue weighted by Crippen LogP contribution is 2.18. The Kier molecular flexibility index (Phi) is 7.49. The van der Waals surface area contributed by atoms with Gasteiger partial charge in [-0.25, -0.2) is 0 Å². The molecule has 0 spiro atoms. The summed E-state index contributed by atoms with van der Waals surface area (Å²) in [5.41, 5.74) is 0.895. The third-order valence-corrected chi connectivity index (χ3v) is 3.69. The number of unbranched alkanes of at least 4 members (excludes halogenated alkanes) is 1. The average Bonchev–Trinajstić information content (AvgIpc) is 2.67. The van der Waals surface area contributed by atoms with E-state index in [9.17, 15) is 9.59 Å². The van der Waals surface area contributed by atoms with Gasteiger partial charge in [0.2, 0.25) is 0 Å². The first-order chi connectivity index (χ1) is 12.6. The molecule has 0 heterocycles. The smallest absolute Gasteiger partial charge is 0.262 e. The molecule has 26 heavy (non-hydrogen) atoms. The molecule has 2 aromatic carbocycles. The lowest BCUT2D eigenvalue weighted by atomic mass is 10.1. The zero-order valence-corrected chi connectivity index (χ0v) is 15.1. The third-order valence-electron chi connectivity index (χ3n) is 3.69. The van der Waals surface area contributed by atoms with Gasteiger partial charge in [-0.3, -0.25) is 9.59 Å². The summed E-state index contributed by atoms with van der Waals surface area (Å²) >= 11 is 0. The molecule has 0 bridgehead atoms. The van der Waals surface area contributed by atoms with Crippen LogP contribution in [0.2, 0.25) is 0 Å². The van der Waals surface area contributed by atoms with Crippen LogP contribution in [0.25, 0.3) is 0 Å². The normalized spacial score (nSPS) is 10.1. The van der Waals surface area contributed by atoms with E-state index in [2.05, 4.69) is 17.6 Å². The molecule has 0 aromatic heterocycles. The largest absolute Gasteiger partial charge is 0.497 e. The number of anilines is 1. The first kappa shape index (κ1) is 19.3. The molecule has 6 nitrogen and oxygen atoms in total. The van der Waals surface area contributed by atoms with Crippen molar-refractivity contribution in [2.45, 2.75) is 19.8 Å². The molecule has 138 valence electrons. The Morgan fingerprint density at radius 1 is 1.00 bits per heavy atom. The minimum absolute atomic E-state index is 0.155. The molecule has 2 rings (SSSR count). The molecule has 2 aromatic rings. The number of benzene rings is 2. The van der Waals surface area contributed by atoms with Gasteiger partial charge < -0.3 is 20.1 Å². The van der Waals surface area contributed by atoms with Gasteiger partial charge in [0.15, 0.2) is 6.61 Å². The van der Waals surface area contributed by atoms with Crippen LogP contribution in [0.15, 0.2) is 48.5 Å². The van der Waals surface area contributed by atoms with Crippen molar-refractivity contribution in [3.63, 3.8) is 0 Å². The minimum Gasteiger partial charge on any atom is -0.497 e. The highest BCUT2D eigenvalue weighted by molar-refractivity contribution is 6.04. The van der Waals surface area contributed by atoms with Crippen LogP contribution in [0.1, 0.15) is 30.1 Å². The maximum atomic E-state index is 12.3. The monoisotopic (exact) mass is 356 g/mol. The highest BCUT2D eigenvalue weighted by Gasteiger charge is 2.13. The van der Waals surface area contributed by atoms with E-state index in [1.54, 1.807) is 55.6 Å². The van der Waals surface area contributed by atoms with Crippen molar-refractivity contribution >= 4 is 17.5 Å². The number of nitrogens with one attached hydrogen (secondary N) is 2. The summed E-state index contributed by atoms with van der Waals surface area (Å²) in [6.07, 6.45) is 1.91.